The predicted molar refractivity (Wildman–Crippen MR) is 144 cm³/mol. The van der Waals surface area contributed by atoms with Gasteiger partial charge in [0.15, 0.2) is 35.4 Å². The van der Waals surface area contributed by atoms with Gasteiger partial charge < -0.3 is 24.2 Å². The second kappa shape index (κ2) is 11.9. The van der Waals surface area contributed by atoms with E-state index in [1.54, 1.807) is 4.57 Å². The fourth-order valence-electron chi connectivity index (χ4n) is 6.55. The van der Waals surface area contributed by atoms with E-state index in [4.69, 9.17) is 25.8 Å². The number of aliphatic carboxylic acids is 1. The number of rotatable bonds is 7. The van der Waals surface area contributed by atoms with E-state index in [0.717, 1.165) is 31.8 Å². The number of carbonyl (C=O) groups excluding carboxylic acids is 2. The molecular formula is C27H36ClN5O7. The Morgan fingerprint density at radius 1 is 1.00 bits per heavy atom. The van der Waals surface area contributed by atoms with E-state index >= 15 is 0 Å². The van der Waals surface area contributed by atoms with E-state index in [-0.39, 0.29) is 5.28 Å². The van der Waals surface area contributed by atoms with Gasteiger partial charge in [-0.05, 0) is 43.2 Å². The summed E-state index contributed by atoms with van der Waals surface area (Å²) in [7, 11) is 0. The number of carboxylic acids is 1. The van der Waals surface area contributed by atoms with Crippen molar-refractivity contribution in [3.8, 4) is 0 Å². The van der Waals surface area contributed by atoms with Crippen molar-refractivity contribution in [1.82, 2.24) is 19.5 Å². The molecule has 12 nitrogen and oxygen atoms in total. The Labute approximate surface area is 237 Å². The number of nitrogens with zero attached hydrogens (tertiary/aromatic N) is 5. The van der Waals surface area contributed by atoms with E-state index in [0.29, 0.717) is 22.9 Å². The van der Waals surface area contributed by atoms with Gasteiger partial charge in [-0.25, -0.2) is 4.98 Å². The highest BCUT2D eigenvalue weighted by Crippen LogP contribution is 2.41. The number of fused-ring (bicyclic) bond motifs is 1. The molecule has 0 bridgehead atoms. The molecule has 2 aromatic heterocycles. The number of piperidine rings is 1. The van der Waals surface area contributed by atoms with Gasteiger partial charge >= 0.3 is 17.9 Å². The fourth-order valence-corrected chi connectivity index (χ4v) is 6.71. The molecule has 0 radical (unpaired) electrons. The van der Waals surface area contributed by atoms with Gasteiger partial charge in [0.05, 0.1) is 12.2 Å². The summed E-state index contributed by atoms with van der Waals surface area (Å²) < 4.78 is 18.7. The van der Waals surface area contributed by atoms with E-state index in [2.05, 4.69) is 19.9 Å². The van der Waals surface area contributed by atoms with Crippen molar-refractivity contribution in [3.05, 3.63) is 11.6 Å². The summed E-state index contributed by atoms with van der Waals surface area (Å²) in [4.78, 5) is 51.6. The first-order valence-electron chi connectivity index (χ1n) is 14.0. The number of halogens is 1. The van der Waals surface area contributed by atoms with Gasteiger partial charge in [-0.2, -0.15) is 9.97 Å². The van der Waals surface area contributed by atoms with Crippen molar-refractivity contribution < 1.29 is 33.7 Å². The van der Waals surface area contributed by atoms with Crippen LogP contribution in [-0.2, 0) is 28.6 Å². The van der Waals surface area contributed by atoms with Crippen LogP contribution in [0.3, 0.4) is 0 Å². The van der Waals surface area contributed by atoms with Gasteiger partial charge in [-0.15, -0.1) is 0 Å². The zero-order chi connectivity index (χ0) is 28.6. The molecule has 1 saturated carbocycles. The molecule has 218 valence electrons. The molecule has 0 spiro atoms. The molecular weight excluding hydrogens is 542 g/mol. The Bertz CT molecular complexity index is 1260. The largest absolute Gasteiger partial charge is 0.481 e. The van der Waals surface area contributed by atoms with Gasteiger partial charge in [-0.1, -0.05) is 32.1 Å². The molecule has 0 aromatic carbocycles. The molecule has 1 aliphatic carbocycles. The molecule has 3 aliphatic rings. The Hall–Kier alpha value is -2.99. The summed E-state index contributed by atoms with van der Waals surface area (Å²) in [6, 6.07) is 0. The van der Waals surface area contributed by atoms with Crippen molar-refractivity contribution in [1.29, 1.82) is 0 Å². The van der Waals surface area contributed by atoms with Crippen LogP contribution in [0.2, 0.25) is 5.28 Å². The third-order valence-corrected chi connectivity index (χ3v) is 8.69. The monoisotopic (exact) mass is 577 g/mol. The molecule has 1 N–H and O–H groups in total. The third-order valence-electron chi connectivity index (χ3n) is 8.52. The minimum Gasteiger partial charge on any atom is -0.481 e. The highest BCUT2D eigenvalue weighted by molar-refractivity contribution is 6.28. The number of ether oxygens (including phenoxy) is 3. The first kappa shape index (κ1) is 28.5. The average molecular weight is 578 g/mol. The van der Waals surface area contributed by atoms with Gasteiger partial charge in [0.1, 0.15) is 6.10 Å². The van der Waals surface area contributed by atoms with Crippen molar-refractivity contribution in [2.24, 2.45) is 17.8 Å². The topological polar surface area (TPSA) is 146 Å². The first-order valence-corrected chi connectivity index (χ1v) is 14.4. The number of imidazole rings is 1. The standard InChI is InChI=1S/C27H36ClN5O7/c1-14(26(36)37)20-21(38-15(2)34)22(39-16(3)35)25(40-20)33-13-29-19-23(30-27(28)31-24(19)33)32-11-9-18(10-12-32)17-7-5-4-6-8-17/h13-14,17-18,20-22,25H,4-12H2,1-3H3,(H,36,37)/t14?,20-,21-,22-,25-/m1/s1. The van der Waals surface area contributed by atoms with Crippen LogP contribution in [0.25, 0.3) is 11.2 Å². The summed E-state index contributed by atoms with van der Waals surface area (Å²) in [5.41, 5.74) is 0.848. The Morgan fingerprint density at radius 2 is 1.62 bits per heavy atom. The van der Waals surface area contributed by atoms with Gasteiger partial charge in [0, 0.05) is 26.9 Å². The lowest BCUT2D eigenvalue weighted by Gasteiger charge is -2.38. The number of esters is 2. The van der Waals surface area contributed by atoms with Gasteiger partial charge in [0.25, 0.3) is 0 Å². The van der Waals surface area contributed by atoms with Crippen molar-refractivity contribution in [2.75, 3.05) is 18.0 Å². The van der Waals surface area contributed by atoms with E-state index in [9.17, 15) is 19.5 Å². The second-order valence-electron chi connectivity index (χ2n) is 11.1. The van der Waals surface area contributed by atoms with Crippen LogP contribution in [0, 0.1) is 17.8 Å². The quantitative estimate of drug-likeness (QED) is 0.379. The number of hydrogen-bond donors (Lipinski definition) is 1. The van der Waals surface area contributed by atoms with Gasteiger partial charge in [-0.3, -0.25) is 19.0 Å². The fraction of sp³-hybridized carbons (Fsp3) is 0.704. The Kier molecular flexibility index (Phi) is 8.46. The lowest BCUT2D eigenvalue weighted by molar-refractivity contribution is -0.166. The molecule has 2 aromatic rings. The zero-order valence-corrected chi connectivity index (χ0v) is 23.7. The Balaban J connectivity index is 1.46. The van der Waals surface area contributed by atoms with E-state index < -0.39 is 48.4 Å². The lowest BCUT2D eigenvalue weighted by atomic mass is 9.76. The third kappa shape index (κ3) is 5.74. The molecule has 13 heteroatoms. The van der Waals surface area contributed by atoms with Crippen molar-refractivity contribution in [3.63, 3.8) is 0 Å². The first-order chi connectivity index (χ1) is 19.1. The molecule has 1 unspecified atom stereocenters. The molecule has 5 atom stereocenters. The maximum atomic E-state index is 12.1. The van der Waals surface area contributed by atoms with Crippen LogP contribution in [-0.4, -0.2) is 73.9 Å². The molecule has 2 saturated heterocycles. The smallest absolute Gasteiger partial charge is 0.309 e. The van der Waals surface area contributed by atoms with Crippen LogP contribution in [0.1, 0.15) is 71.9 Å². The van der Waals surface area contributed by atoms with Crippen LogP contribution >= 0.6 is 11.6 Å². The lowest BCUT2D eigenvalue weighted by Crippen LogP contribution is -2.42. The van der Waals surface area contributed by atoms with E-state index in [1.165, 1.54) is 59.2 Å². The van der Waals surface area contributed by atoms with Crippen molar-refractivity contribution in [2.45, 2.75) is 90.3 Å². The number of aromatic nitrogens is 4. The molecule has 3 fully saturated rings. The van der Waals surface area contributed by atoms with Crippen LogP contribution < -0.4 is 4.90 Å². The average Bonchev–Trinajstić information content (AvgIpc) is 3.49. The number of hydrogen-bond acceptors (Lipinski definition) is 10. The molecule has 2 aliphatic heterocycles. The summed E-state index contributed by atoms with van der Waals surface area (Å²) in [5.74, 6) is -1.39. The minimum atomic E-state index is -1.16. The summed E-state index contributed by atoms with van der Waals surface area (Å²) in [6.07, 6.45) is 5.80. The SMILES string of the molecule is CC(=O)O[C@@H]1[C@H](OC(C)=O)[C@@H](C(C)C(=O)O)O[C@H]1n1cnc2c(N3CCC(C4CCCCC4)CC3)nc(Cl)nc21. The maximum absolute atomic E-state index is 12.1. The second-order valence-corrected chi connectivity index (χ2v) is 11.5. The highest BCUT2D eigenvalue weighted by Gasteiger charge is 2.53. The molecule has 4 heterocycles. The number of carboxylic acid groups (broad SMARTS) is 1. The minimum absolute atomic E-state index is 0.0210. The highest BCUT2D eigenvalue weighted by atomic mass is 35.5. The molecule has 5 rings (SSSR count). The summed E-state index contributed by atoms with van der Waals surface area (Å²) in [5, 5.41) is 9.70. The normalized spacial score (nSPS) is 27.1. The maximum Gasteiger partial charge on any atom is 0.309 e. The van der Waals surface area contributed by atoms with Gasteiger partial charge in [0.2, 0.25) is 5.28 Å². The summed E-state index contributed by atoms with van der Waals surface area (Å²) >= 11 is 6.40. The predicted octanol–water partition coefficient (Wildman–Crippen LogP) is 3.76. The van der Waals surface area contributed by atoms with E-state index in [1.807, 2.05) is 0 Å². The van der Waals surface area contributed by atoms with Crippen LogP contribution in [0.5, 0.6) is 0 Å². The zero-order valence-electron chi connectivity index (χ0n) is 23.0. The molecule has 40 heavy (non-hydrogen) atoms. The van der Waals surface area contributed by atoms with Crippen LogP contribution in [0.15, 0.2) is 6.33 Å². The Morgan fingerprint density at radius 3 is 2.25 bits per heavy atom. The number of carbonyl (C=O) groups is 3. The van der Waals surface area contributed by atoms with Crippen molar-refractivity contribution >= 4 is 46.5 Å². The number of anilines is 1. The summed E-state index contributed by atoms with van der Waals surface area (Å²) in [6.45, 7) is 5.52. The van der Waals surface area contributed by atoms with Crippen LogP contribution in [0.4, 0.5) is 5.82 Å². The molecule has 0 amide bonds.